The number of carboxylic acids is 2. The molecule has 2 aliphatic heterocycles. The van der Waals surface area contributed by atoms with Crippen LogP contribution in [0.1, 0.15) is 12.0 Å². The van der Waals surface area contributed by atoms with Crippen LogP contribution in [0.5, 0.6) is 5.75 Å². The molecule has 30 heavy (non-hydrogen) atoms. The van der Waals surface area contributed by atoms with Gasteiger partial charge in [-0.25, -0.2) is 4.79 Å². The van der Waals surface area contributed by atoms with Crippen LogP contribution in [0.25, 0.3) is 0 Å². The Morgan fingerprint density at radius 3 is 2.50 bits per heavy atom. The molecule has 0 saturated carbocycles. The third-order valence-corrected chi connectivity index (χ3v) is 5.25. The van der Waals surface area contributed by atoms with E-state index < -0.39 is 11.9 Å². The first-order valence-corrected chi connectivity index (χ1v) is 9.81. The van der Waals surface area contributed by atoms with Crippen molar-refractivity contribution < 1.29 is 34.2 Å². The first-order chi connectivity index (χ1) is 14.5. The minimum Gasteiger partial charge on any atom is -0.539 e. The molecule has 4 rings (SSSR count). The third-order valence-electron chi connectivity index (χ3n) is 5.25. The molecule has 8 nitrogen and oxygen atoms in total. The summed E-state index contributed by atoms with van der Waals surface area (Å²) in [5.41, 5.74) is 2.32. The van der Waals surface area contributed by atoms with Gasteiger partial charge in [0.25, 0.3) is 5.91 Å². The van der Waals surface area contributed by atoms with Gasteiger partial charge in [-0.05, 0) is 17.7 Å². The first kappa shape index (κ1) is 21.3. The molecule has 0 aliphatic carbocycles. The van der Waals surface area contributed by atoms with Crippen molar-refractivity contribution in [1.29, 1.82) is 0 Å². The molecule has 1 amide bonds. The number of nitrogens with zero attached hydrogens (tertiary/aromatic N) is 1. The quantitative estimate of drug-likeness (QED) is 0.632. The smallest absolute Gasteiger partial charge is 0.351 e. The Bertz CT molecular complexity index is 890. The van der Waals surface area contributed by atoms with Gasteiger partial charge in [-0.15, -0.1) is 0 Å². The van der Waals surface area contributed by atoms with E-state index in [2.05, 4.69) is 30.3 Å². The maximum atomic E-state index is 12.4. The highest BCUT2D eigenvalue weighted by Gasteiger charge is 2.37. The van der Waals surface area contributed by atoms with Crippen LogP contribution in [-0.4, -0.2) is 55.2 Å². The van der Waals surface area contributed by atoms with Crippen LogP contribution in [0.2, 0.25) is 0 Å². The molecule has 2 aromatic rings. The summed E-state index contributed by atoms with van der Waals surface area (Å²) in [5, 5.41) is 16.3. The van der Waals surface area contributed by atoms with Crippen molar-refractivity contribution in [2.45, 2.75) is 18.9 Å². The number of aliphatic carboxylic acids is 2. The number of benzene rings is 2. The highest BCUT2D eigenvalue weighted by Crippen LogP contribution is 2.33. The topological polar surface area (TPSA) is 111 Å². The van der Waals surface area contributed by atoms with E-state index in [1.807, 2.05) is 29.2 Å². The predicted molar refractivity (Wildman–Crippen MR) is 106 cm³/mol. The molecule has 1 saturated heterocycles. The molecule has 2 aromatic carbocycles. The summed E-state index contributed by atoms with van der Waals surface area (Å²) in [7, 11) is 0. The minimum absolute atomic E-state index is 0.0861. The Morgan fingerprint density at radius 2 is 1.80 bits per heavy atom. The Labute approximate surface area is 174 Å². The number of para-hydroxylation sites is 2. The SMILES string of the molecule is O=C([O-])C(=O)O.O=C1COc2ccccc2N1C1CC[NH+](CCc2ccccc2)C1. The van der Waals surface area contributed by atoms with Crippen LogP contribution in [0.4, 0.5) is 5.69 Å². The molecule has 2 aliphatic rings. The number of quaternary nitrogens is 1. The monoisotopic (exact) mass is 412 g/mol. The average molecular weight is 412 g/mol. The van der Waals surface area contributed by atoms with Gasteiger partial charge in [-0.1, -0.05) is 42.5 Å². The summed E-state index contributed by atoms with van der Waals surface area (Å²) in [6.07, 6.45) is 2.15. The van der Waals surface area contributed by atoms with Crippen molar-refractivity contribution in [3.8, 4) is 5.75 Å². The fraction of sp³-hybridized carbons (Fsp3) is 0.318. The summed E-state index contributed by atoms with van der Waals surface area (Å²) >= 11 is 0. The number of nitrogens with one attached hydrogen (secondary N) is 1. The van der Waals surface area contributed by atoms with E-state index in [0.717, 1.165) is 43.9 Å². The maximum absolute atomic E-state index is 12.4. The predicted octanol–water partition coefficient (Wildman–Crippen LogP) is -0.867. The Hall–Kier alpha value is -3.39. The van der Waals surface area contributed by atoms with Crippen LogP contribution >= 0.6 is 0 Å². The van der Waals surface area contributed by atoms with Crippen LogP contribution in [0.15, 0.2) is 54.6 Å². The van der Waals surface area contributed by atoms with Gasteiger partial charge in [-0.3, -0.25) is 9.69 Å². The van der Waals surface area contributed by atoms with Crippen LogP contribution < -0.4 is 19.6 Å². The lowest BCUT2D eigenvalue weighted by Crippen LogP contribution is -3.10. The second-order valence-electron chi connectivity index (χ2n) is 7.24. The normalized spacial score (nSPS) is 19.9. The highest BCUT2D eigenvalue weighted by molar-refractivity contribution is 6.26. The Balaban J connectivity index is 0.000000377. The molecule has 1 fully saturated rings. The molecule has 2 N–H and O–H groups in total. The van der Waals surface area contributed by atoms with E-state index >= 15 is 0 Å². The second kappa shape index (κ2) is 9.89. The van der Waals surface area contributed by atoms with Crippen molar-refractivity contribution in [2.75, 3.05) is 31.1 Å². The van der Waals surface area contributed by atoms with Crippen LogP contribution in [0.3, 0.4) is 0 Å². The van der Waals surface area contributed by atoms with E-state index in [-0.39, 0.29) is 18.6 Å². The Morgan fingerprint density at radius 1 is 1.13 bits per heavy atom. The summed E-state index contributed by atoms with van der Waals surface area (Å²) in [6.45, 7) is 3.44. The van der Waals surface area contributed by atoms with Gasteiger partial charge in [0, 0.05) is 12.8 Å². The van der Waals surface area contributed by atoms with Gasteiger partial charge >= 0.3 is 5.97 Å². The number of amides is 1. The minimum atomic E-state index is -2.07. The summed E-state index contributed by atoms with van der Waals surface area (Å²) in [4.78, 5) is 34.0. The van der Waals surface area contributed by atoms with E-state index in [9.17, 15) is 4.79 Å². The number of carbonyl (C=O) groups is 3. The molecule has 2 unspecified atom stereocenters. The molecule has 8 heteroatoms. The average Bonchev–Trinajstić information content (AvgIpc) is 3.22. The van der Waals surface area contributed by atoms with Crippen LogP contribution in [0, 0.1) is 0 Å². The Kier molecular flexibility index (Phi) is 7.03. The fourth-order valence-electron chi connectivity index (χ4n) is 3.84. The number of ether oxygens (including phenoxy) is 1. The maximum Gasteiger partial charge on any atom is 0.351 e. The zero-order valence-corrected chi connectivity index (χ0v) is 16.5. The summed E-state index contributed by atoms with van der Waals surface area (Å²) in [5.74, 6) is -3.09. The zero-order valence-electron chi connectivity index (χ0n) is 16.5. The molecular formula is C22H24N2O6. The number of anilines is 1. The summed E-state index contributed by atoms with van der Waals surface area (Å²) in [6, 6.07) is 18.8. The van der Waals surface area contributed by atoms with Crippen molar-refractivity contribution in [3.05, 3.63) is 60.2 Å². The number of carbonyl (C=O) groups excluding carboxylic acids is 2. The largest absolute Gasteiger partial charge is 0.539 e. The lowest BCUT2D eigenvalue weighted by molar-refractivity contribution is -0.887. The van der Waals surface area contributed by atoms with E-state index in [4.69, 9.17) is 24.5 Å². The molecule has 2 atom stereocenters. The molecule has 158 valence electrons. The van der Waals surface area contributed by atoms with Gasteiger partial charge < -0.3 is 24.6 Å². The number of carboxylic acid groups (broad SMARTS) is 2. The number of fused-ring (bicyclic) bond motifs is 1. The van der Waals surface area contributed by atoms with Crippen molar-refractivity contribution in [3.63, 3.8) is 0 Å². The van der Waals surface area contributed by atoms with Gasteiger partial charge in [0.1, 0.15) is 5.75 Å². The summed E-state index contributed by atoms with van der Waals surface area (Å²) < 4.78 is 5.56. The zero-order chi connectivity index (χ0) is 21.5. The van der Waals surface area contributed by atoms with Crippen LogP contribution in [-0.2, 0) is 20.8 Å². The molecule has 0 bridgehead atoms. The number of rotatable bonds is 4. The highest BCUT2D eigenvalue weighted by atomic mass is 16.5. The molecule has 0 spiro atoms. The van der Waals surface area contributed by atoms with Gasteiger partial charge in [0.15, 0.2) is 12.6 Å². The van der Waals surface area contributed by atoms with Gasteiger partial charge in [0.2, 0.25) is 0 Å². The van der Waals surface area contributed by atoms with Gasteiger partial charge in [0.05, 0.1) is 31.4 Å². The van der Waals surface area contributed by atoms with E-state index in [0.29, 0.717) is 0 Å². The molecule has 2 heterocycles. The van der Waals surface area contributed by atoms with E-state index in [1.165, 1.54) is 5.56 Å². The molecular weight excluding hydrogens is 388 g/mol. The molecule has 0 aromatic heterocycles. The first-order valence-electron chi connectivity index (χ1n) is 9.81. The standard InChI is InChI=1S/C20H22N2O2.C2H2O4/c23-20-15-24-19-9-5-4-8-18(19)22(20)17-11-13-21(14-17)12-10-16-6-2-1-3-7-16;3-1(4)2(5)6/h1-9,17H,10-15H2;(H,3,4)(H,5,6). The third kappa shape index (κ3) is 5.36. The molecule has 0 radical (unpaired) electrons. The number of likely N-dealkylation sites (tertiary alicyclic amines) is 1. The second-order valence-corrected chi connectivity index (χ2v) is 7.24. The number of hydrogen-bond donors (Lipinski definition) is 2. The lowest BCUT2D eigenvalue weighted by Gasteiger charge is -2.32. The van der Waals surface area contributed by atoms with Crippen molar-refractivity contribution >= 4 is 23.5 Å². The van der Waals surface area contributed by atoms with Crippen molar-refractivity contribution in [1.82, 2.24) is 0 Å². The fourth-order valence-corrected chi connectivity index (χ4v) is 3.84. The van der Waals surface area contributed by atoms with Crippen molar-refractivity contribution in [2.24, 2.45) is 0 Å². The van der Waals surface area contributed by atoms with E-state index in [1.54, 1.807) is 4.90 Å². The lowest BCUT2D eigenvalue weighted by atomic mass is 10.1. The van der Waals surface area contributed by atoms with Gasteiger partial charge in [-0.2, -0.15) is 0 Å². The number of hydrogen-bond acceptors (Lipinski definition) is 5.